The molecular formula is C23H32N2O4S. The summed E-state index contributed by atoms with van der Waals surface area (Å²) in [6.45, 7) is 6.34. The number of carbonyl (C=O) groups excluding carboxylic acids is 1. The largest absolute Gasteiger partial charge is 0.495 e. The number of para-hydroxylation sites is 2. The van der Waals surface area contributed by atoms with E-state index >= 15 is 0 Å². The van der Waals surface area contributed by atoms with Gasteiger partial charge in [-0.1, -0.05) is 42.8 Å². The fraction of sp³-hybridized carbons (Fsp3) is 0.435. The second kappa shape index (κ2) is 10.5. The van der Waals surface area contributed by atoms with Gasteiger partial charge < -0.3 is 10.1 Å². The normalized spacial score (nSPS) is 12.3. The third kappa shape index (κ3) is 6.23. The highest BCUT2D eigenvalue weighted by molar-refractivity contribution is 7.92. The Hall–Kier alpha value is -2.54. The van der Waals surface area contributed by atoms with Crippen LogP contribution >= 0.6 is 0 Å². The van der Waals surface area contributed by atoms with Crippen molar-refractivity contribution in [3.05, 3.63) is 59.2 Å². The minimum atomic E-state index is -3.51. The predicted octanol–water partition coefficient (Wildman–Crippen LogP) is 4.13. The van der Waals surface area contributed by atoms with Crippen molar-refractivity contribution in [1.29, 1.82) is 0 Å². The molecule has 0 aliphatic heterocycles. The Bertz CT molecular complexity index is 973. The van der Waals surface area contributed by atoms with Crippen molar-refractivity contribution < 1.29 is 17.9 Å². The molecule has 0 saturated heterocycles. The number of nitrogens with one attached hydrogen (secondary N) is 1. The zero-order chi connectivity index (χ0) is 22.3. The number of nitrogens with zero attached hydrogens (tertiary/aromatic N) is 1. The number of amides is 1. The maximum Gasteiger partial charge on any atom is 0.232 e. The molecule has 164 valence electrons. The Morgan fingerprint density at radius 2 is 1.87 bits per heavy atom. The smallest absolute Gasteiger partial charge is 0.232 e. The van der Waals surface area contributed by atoms with E-state index in [2.05, 4.69) is 17.4 Å². The zero-order valence-electron chi connectivity index (χ0n) is 18.4. The highest BCUT2D eigenvalue weighted by Crippen LogP contribution is 2.29. The summed E-state index contributed by atoms with van der Waals surface area (Å²) in [6.07, 6.45) is 2.59. The topological polar surface area (TPSA) is 75.7 Å². The minimum Gasteiger partial charge on any atom is -0.495 e. The Morgan fingerprint density at radius 3 is 2.47 bits per heavy atom. The van der Waals surface area contributed by atoms with Gasteiger partial charge in [0.25, 0.3) is 0 Å². The summed E-state index contributed by atoms with van der Waals surface area (Å²) in [6, 6.07) is 13.1. The molecule has 2 rings (SSSR count). The molecule has 1 N–H and O–H groups in total. The number of methoxy groups -OCH3 is 1. The van der Waals surface area contributed by atoms with Gasteiger partial charge >= 0.3 is 0 Å². The molecule has 0 aromatic heterocycles. The van der Waals surface area contributed by atoms with E-state index in [0.29, 0.717) is 17.9 Å². The molecule has 7 heteroatoms. The van der Waals surface area contributed by atoms with Crippen LogP contribution in [-0.2, 0) is 14.8 Å². The molecule has 0 aliphatic carbocycles. The van der Waals surface area contributed by atoms with E-state index in [9.17, 15) is 13.2 Å². The monoisotopic (exact) mass is 432 g/mol. The van der Waals surface area contributed by atoms with Crippen LogP contribution in [0.2, 0.25) is 0 Å². The van der Waals surface area contributed by atoms with Crippen LogP contribution in [0.5, 0.6) is 5.75 Å². The van der Waals surface area contributed by atoms with Gasteiger partial charge in [-0.15, -0.1) is 0 Å². The number of carbonyl (C=O) groups is 1. The van der Waals surface area contributed by atoms with E-state index in [0.717, 1.165) is 23.8 Å². The lowest BCUT2D eigenvalue weighted by Gasteiger charge is -2.24. The van der Waals surface area contributed by atoms with E-state index in [1.165, 1.54) is 17.0 Å². The number of aryl methyl sites for hydroxylation is 2. The molecule has 0 fully saturated rings. The molecule has 2 aromatic rings. The van der Waals surface area contributed by atoms with Crippen LogP contribution in [0.4, 0.5) is 5.69 Å². The summed E-state index contributed by atoms with van der Waals surface area (Å²) >= 11 is 0. The number of hydrogen-bond acceptors (Lipinski definition) is 4. The van der Waals surface area contributed by atoms with Crippen LogP contribution in [0.15, 0.2) is 42.5 Å². The highest BCUT2D eigenvalue weighted by atomic mass is 32.2. The lowest BCUT2D eigenvalue weighted by molar-refractivity contribution is -0.121. The Morgan fingerprint density at radius 1 is 1.17 bits per heavy atom. The Kier molecular flexibility index (Phi) is 8.29. The molecule has 0 aliphatic rings. The van der Waals surface area contributed by atoms with Crippen molar-refractivity contribution in [2.45, 2.75) is 46.1 Å². The molecule has 0 saturated carbocycles. The van der Waals surface area contributed by atoms with Gasteiger partial charge in [-0.05, 0) is 49.9 Å². The SMILES string of the molecule is CCC(NC(=O)CCCN(c1ccccc1OC)S(C)(=O)=O)c1ccc(C)cc1C. The minimum absolute atomic E-state index is 0.0571. The van der Waals surface area contributed by atoms with Crippen molar-refractivity contribution in [3.63, 3.8) is 0 Å². The lowest BCUT2D eigenvalue weighted by atomic mass is 9.97. The molecular weight excluding hydrogens is 400 g/mol. The van der Waals surface area contributed by atoms with Crippen LogP contribution < -0.4 is 14.4 Å². The van der Waals surface area contributed by atoms with Gasteiger partial charge in [0, 0.05) is 13.0 Å². The first-order chi connectivity index (χ1) is 14.2. The van der Waals surface area contributed by atoms with Gasteiger partial charge in [-0.2, -0.15) is 0 Å². The number of anilines is 1. The fourth-order valence-electron chi connectivity index (χ4n) is 3.57. The van der Waals surface area contributed by atoms with Gasteiger partial charge in [0.2, 0.25) is 15.9 Å². The zero-order valence-corrected chi connectivity index (χ0v) is 19.3. The van der Waals surface area contributed by atoms with E-state index in [1.807, 2.05) is 26.8 Å². The summed E-state index contributed by atoms with van der Waals surface area (Å²) in [4.78, 5) is 12.6. The maximum atomic E-state index is 12.6. The van der Waals surface area contributed by atoms with Crippen LogP contribution in [0.1, 0.15) is 48.9 Å². The fourth-order valence-corrected chi connectivity index (χ4v) is 4.54. The van der Waals surface area contributed by atoms with Gasteiger partial charge in [0.05, 0.1) is 25.1 Å². The molecule has 1 unspecified atom stereocenters. The first kappa shape index (κ1) is 23.7. The molecule has 0 heterocycles. The maximum absolute atomic E-state index is 12.6. The summed E-state index contributed by atoms with van der Waals surface area (Å²) in [7, 11) is -2.00. The standard InChI is InChI=1S/C23H32N2O4S/c1-6-20(19-14-13-17(2)16-18(19)3)24-23(26)12-9-15-25(30(5,27)28)21-10-7-8-11-22(21)29-4/h7-8,10-11,13-14,16,20H,6,9,12,15H2,1-5H3,(H,24,26). The van der Waals surface area contributed by atoms with E-state index in [1.54, 1.807) is 24.3 Å². The van der Waals surface area contributed by atoms with Crippen LogP contribution in [-0.4, -0.2) is 34.2 Å². The molecule has 2 aromatic carbocycles. The van der Waals surface area contributed by atoms with Crippen molar-refractivity contribution >= 4 is 21.6 Å². The second-order valence-electron chi connectivity index (χ2n) is 7.50. The third-order valence-corrected chi connectivity index (χ3v) is 6.24. The van der Waals surface area contributed by atoms with Gasteiger partial charge in [-0.25, -0.2) is 8.42 Å². The number of sulfonamides is 1. The van der Waals surface area contributed by atoms with Crippen LogP contribution in [0, 0.1) is 13.8 Å². The lowest BCUT2D eigenvalue weighted by Crippen LogP contribution is -2.33. The average molecular weight is 433 g/mol. The quantitative estimate of drug-likeness (QED) is 0.613. The molecule has 30 heavy (non-hydrogen) atoms. The number of rotatable bonds is 10. The van der Waals surface area contributed by atoms with Gasteiger partial charge in [-0.3, -0.25) is 9.10 Å². The summed E-state index contributed by atoms with van der Waals surface area (Å²) in [5.41, 5.74) is 3.93. The van der Waals surface area contributed by atoms with E-state index in [4.69, 9.17) is 4.74 Å². The molecule has 1 atom stereocenters. The average Bonchev–Trinajstić information content (AvgIpc) is 2.69. The van der Waals surface area contributed by atoms with Crippen molar-refractivity contribution in [1.82, 2.24) is 5.32 Å². The first-order valence-electron chi connectivity index (χ1n) is 10.1. The number of hydrogen-bond donors (Lipinski definition) is 1. The molecule has 6 nitrogen and oxygen atoms in total. The molecule has 0 radical (unpaired) electrons. The predicted molar refractivity (Wildman–Crippen MR) is 122 cm³/mol. The molecule has 1 amide bonds. The van der Waals surface area contributed by atoms with Crippen molar-refractivity contribution in [3.8, 4) is 5.75 Å². The third-order valence-electron chi connectivity index (χ3n) is 5.06. The molecule has 0 bridgehead atoms. The summed E-state index contributed by atoms with van der Waals surface area (Å²) in [5, 5.41) is 3.09. The van der Waals surface area contributed by atoms with E-state index < -0.39 is 10.0 Å². The Balaban J connectivity index is 2.03. The Labute approximate surface area is 180 Å². The molecule has 0 spiro atoms. The van der Waals surface area contributed by atoms with Crippen molar-refractivity contribution in [2.24, 2.45) is 0 Å². The number of ether oxygens (including phenoxy) is 1. The number of benzene rings is 2. The van der Waals surface area contributed by atoms with Crippen LogP contribution in [0.3, 0.4) is 0 Å². The van der Waals surface area contributed by atoms with Crippen LogP contribution in [0.25, 0.3) is 0 Å². The summed E-state index contributed by atoms with van der Waals surface area (Å²) < 4.78 is 31.2. The first-order valence-corrected chi connectivity index (χ1v) is 12.0. The van der Waals surface area contributed by atoms with Gasteiger partial charge in [0.1, 0.15) is 5.75 Å². The van der Waals surface area contributed by atoms with E-state index in [-0.39, 0.29) is 24.9 Å². The van der Waals surface area contributed by atoms with Gasteiger partial charge in [0.15, 0.2) is 0 Å². The summed E-state index contributed by atoms with van der Waals surface area (Å²) in [5.74, 6) is 0.392. The second-order valence-corrected chi connectivity index (χ2v) is 9.41. The van der Waals surface area contributed by atoms with Crippen molar-refractivity contribution in [2.75, 3.05) is 24.2 Å². The highest BCUT2D eigenvalue weighted by Gasteiger charge is 2.21.